The molecule has 11 heteroatoms. The summed E-state index contributed by atoms with van der Waals surface area (Å²) in [6.07, 6.45) is 0. The normalized spacial score (nSPS) is 17.9. The number of piperazine rings is 1. The van der Waals surface area contributed by atoms with Crippen molar-refractivity contribution >= 4 is 31.7 Å². The van der Waals surface area contributed by atoms with E-state index in [0.717, 1.165) is 5.56 Å². The highest BCUT2D eigenvalue weighted by molar-refractivity contribution is 7.90. The quantitative estimate of drug-likeness (QED) is 0.663. The lowest BCUT2D eigenvalue weighted by molar-refractivity contribution is 0.414. The van der Waals surface area contributed by atoms with E-state index >= 15 is 0 Å². The van der Waals surface area contributed by atoms with Crippen LogP contribution in [0.5, 0.6) is 5.75 Å². The number of hydrogen-bond donors (Lipinski definition) is 0. The monoisotopic (exact) mass is 464 g/mol. The smallest absolute Gasteiger partial charge is 0.284 e. The molecule has 0 spiro atoms. The van der Waals surface area contributed by atoms with Crippen LogP contribution in [0.3, 0.4) is 0 Å². The fourth-order valence-electron chi connectivity index (χ4n) is 2.89. The van der Waals surface area contributed by atoms with Crippen LogP contribution >= 0.6 is 0 Å². The van der Waals surface area contributed by atoms with Crippen LogP contribution in [-0.2, 0) is 20.0 Å². The predicted octanol–water partition coefficient (Wildman–Crippen LogP) is 1.76. The van der Waals surface area contributed by atoms with Crippen LogP contribution in [0.4, 0.5) is 0 Å². The molecule has 3 rings (SSSR count). The number of likely N-dealkylation sites (N-methyl/N-ethyl adjacent to an activating group) is 2. The lowest BCUT2D eigenvalue weighted by atomic mass is 10.2. The number of ether oxygens (including phenoxy) is 1. The zero-order chi connectivity index (χ0) is 22.8. The van der Waals surface area contributed by atoms with Crippen LogP contribution < -0.4 is 4.74 Å². The van der Waals surface area contributed by atoms with Crippen molar-refractivity contribution in [2.24, 2.45) is 8.80 Å². The molecule has 1 saturated heterocycles. The first-order valence-electron chi connectivity index (χ1n) is 9.32. The lowest BCUT2D eigenvalue weighted by Crippen LogP contribution is -2.51. The van der Waals surface area contributed by atoms with Gasteiger partial charge in [-0.15, -0.1) is 8.80 Å². The Morgan fingerprint density at radius 2 is 1.13 bits per heavy atom. The zero-order valence-corrected chi connectivity index (χ0v) is 19.3. The third kappa shape index (κ3) is 5.23. The van der Waals surface area contributed by atoms with Gasteiger partial charge in [0, 0.05) is 14.1 Å². The van der Waals surface area contributed by atoms with Crippen molar-refractivity contribution in [2.45, 2.75) is 16.7 Å². The molecule has 1 aliphatic rings. The van der Waals surface area contributed by atoms with E-state index in [0.29, 0.717) is 11.6 Å². The number of benzene rings is 2. The number of methoxy groups -OCH3 is 1. The van der Waals surface area contributed by atoms with E-state index in [1.807, 2.05) is 6.92 Å². The van der Waals surface area contributed by atoms with E-state index in [4.69, 9.17) is 4.74 Å². The molecule has 9 nitrogen and oxygen atoms in total. The van der Waals surface area contributed by atoms with Gasteiger partial charge in [-0.3, -0.25) is 0 Å². The fraction of sp³-hybridized carbons (Fsp3) is 0.300. The second-order valence-electron chi connectivity index (χ2n) is 7.17. The molecule has 0 N–H and O–H groups in total. The Kier molecular flexibility index (Phi) is 6.37. The van der Waals surface area contributed by atoms with E-state index in [9.17, 15) is 16.8 Å². The topological polar surface area (TPSA) is 109 Å². The Balaban J connectivity index is 1.84. The first-order valence-corrected chi connectivity index (χ1v) is 12.2. The summed E-state index contributed by atoms with van der Waals surface area (Å²) in [5.74, 6) is 1.12. The van der Waals surface area contributed by atoms with Gasteiger partial charge in [-0.05, 0) is 43.3 Å². The van der Waals surface area contributed by atoms with Gasteiger partial charge in [-0.25, -0.2) is 0 Å². The van der Waals surface area contributed by atoms with Crippen molar-refractivity contribution in [1.82, 2.24) is 9.80 Å². The van der Waals surface area contributed by atoms with Crippen molar-refractivity contribution in [3.05, 3.63) is 54.1 Å². The first-order chi connectivity index (χ1) is 14.5. The molecular weight excluding hydrogens is 440 g/mol. The van der Waals surface area contributed by atoms with Crippen LogP contribution in [0.1, 0.15) is 5.56 Å². The predicted molar refractivity (Wildman–Crippen MR) is 119 cm³/mol. The van der Waals surface area contributed by atoms with Crippen molar-refractivity contribution < 1.29 is 21.6 Å². The minimum absolute atomic E-state index is 0.0401. The SMILES string of the molecule is COc1ccc(S(=O)(=O)/N=C2/CN(C)/C(=N\S(=O)(=O)c3ccc(C)cc3)CN2C)cc1. The van der Waals surface area contributed by atoms with Crippen LogP contribution in [-0.4, -0.2) is 72.6 Å². The summed E-state index contributed by atoms with van der Waals surface area (Å²) in [5.41, 5.74) is 0.944. The third-order valence-corrected chi connectivity index (χ3v) is 7.40. The molecular formula is C20H24N4O5S2. The molecule has 0 atom stereocenters. The Hall–Kier alpha value is -2.92. The Bertz CT molecular complexity index is 1220. The largest absolute Gasteiger partial charge is 0.497 e. The highest BCUT2D eigenvalue weighted by atomic mass is 32.2. The van der Waals surface area contributed by atoms with Crippen molar-refractivity contribution in [1.29, 1.82) is 0 Å². The van der Waals surface area contributed by atoms with Gasteiger partial charge in [-0.2, -0.15) is 16.8 Å². The molecule has 0 bridgehead atoms. The highest BCUT2D eigenvalue weighted by Gasteiger charge is 2.27. The minimum Gasteiger partial charge on any atom is -0.497 e. The molecule has 0 unspecified atom stereocenters. The number of amidine groups is 2. The summed E-state index contributed by atoms with van der Waals surface area (Å²) >= 11 is 0. The lowest BCUT2D eigenvalue weighted by Gasteiger charge is -2.34. The Labute approximate surface area is 182 Å². The number of sulfonamides is 2. The van der Waals surface area contributed by atoms with Gasteiger partial charge >= 0.3 is 0 Å². The summed E-state index contributed by atoms with van der Waals surface area (Å²) in [6, 6.07) is 12.4. The van der Waals surface area contributed by atoms with Crippen LogP contribution in [0.25, 0.3) is 0 Å². The molecule has 31 heavy (non-hydrogen) atoms. The Morgan fingerprint density at radius 1 is 0.742 bits per heavy atom. The second kappa shape index (κ2) is 8.67. The van der Waals surface area contributed by atoms with Gasteiger partial charge in [0.1, 0.15) is 17.4 Å². The number of hydrogen-bond acceptors (Lipinski definition) is 5. The molecule has 0 aliphatic carbocycles. The van der Waals surface area contributed by atoms with Gasteiger partial charge in [0.15, 0.2) is 0 Å². The Morgan fingerprint density at radius 3 is 1.52 bits per heavy atom. The van der Waals surface area contributed by atoms with Gasteiger partial charge in [0.05, 0.1) is 30.0 Å². The summed E-state index contributed by atoms with van der Waals surface area (Å²) in [6.45, 7) is 2.06. The molecule has 2 aromatic rings. The van der Waals surface area contributed by atoms with Crippen molar-refractivity contribution in [2.75, 3.05) is 34.3 Å². The number of aryl methyl sites for hydroxylation is 1. The zero-order valence-electron chi connectivity index (χ0n) is 17.7. The van der Waals surface area contributed by atoms with Gasteiger partial charge in [0.25, 0.3) is 20.0 Å². The second-order valence-corrected chi connectivity index (χ2v) is 10.4. The van der Waals surface area contributed by atoms with E-state index in [1.165, 1.54) is 31.4 Å². The standard InChI is InChI=1S/C20H24N4O5S2/c1-15-5-9-17(10-6-15)30(25,26)21-19-13-24(3)20(14-23(19)2)22-31(27,28)18-11-7-16(29-4)8-12-18/h5-12H,13-14H2,1-4H3/b21-19-,22-20-. The molecule has 0 saturated carbocycles. The maximum atomic E-state index is 12.7. The molecule has 0 aromatic heterocycles. The highest BCUT2D eigenvalue weighted by Crippen LogP contribution is 2.19. The molecule has 1 aliphatic heterocycles. The van der Waals surface area contributed by atoms with E-state index in [2.05, 4.69) is 8.80 Å². The average Bonchev–Trinajstić information content (AvgIpc) is 2.71. The van der Waals surface area contributed by atoms with Crippen LogP contribution in [0.2, 0.25) is 0 Å². The molecule has 1 heterocycles. The summed E-state index contributed by atoms with van der Waals surface area (Å²) < 4.78 is 63.6. The van der Waals surface area contributed by atoms with E-state index < -0.39 is 20.0 Å². The minimum atomic E-state index is -3.93. The summed E-state index contributed by atoms with van der Waals surface area (Å²) in [5, 5.41) is 0. The molecule has 166 valence electrons. The number of nitrogens with zero attached hydrogens (tertiary/aromatic N) is 4. The first kappa shape index (κ1) is 22.8. The maximum Gasteiger partial charge on any atom is 0.284 e. The third-order valence-electron chi connectivity index (χ3n) is 4.77. The molecule has 0 amide bonds. The van der Waals surface area contributed by atoms with Crippen LogP contribution in [0, 0.1) is 6.92 Å². The summed E-state index contributed by atoms with van der Waals surface area (Å²) in [7, 11) is -3.04. The molecule has 0 radical (unpaired) electrons. The van der Waals surface area contributed by atoms with Crippen LogP contribution in [0.15, 0.2) is 67.1 Å². The molecule has 2 aromatic carbocycles. The average molecular weight is 465 g/mol. The van der Waals surface area contributed by atoms with Crippen molar-refractivity contribution in [3.8, 4) is 5.75 Å². The summed E-state index contributed by atoms with van der Waals surface area (Å²) in [4.78, 5) is 3.29. The van der Waals surface area contributed by atoms with Gasteiger partial charge in [0.2, 0.25) is 0 Å². The van der Waals surface area contributed by atoms with Gasteiger partial charge < -0.3 is 14.5 Å². The van der Waals surface area contributed by atoms with Crippen molar-refractivity contribution in [3.63, 3.8) is 0 Å². The van der Waals surface area contributed by atoms with E-state index in [1.54, 1.807) is 48.2 Å². The number of rotatable bonds is 5. The maximum absolute atomic E-state index is 12.7. The van der Waals surface area contributed by atoms with Gasteiger partial charge in [-0.1, -0.05) is 17.7 Å². The van der Waals surface area contributed by atoms with E-state index in [-0.39, 0.29) is 28.7 Å². The molecule has 1 fully saturated rings. The fourth-order valence-corrected chi connectivity index (χ4v) is 5.01.